The normalized spacial score (nSPS) is 11.8. The van der Waals surface area contributed by atoms with E-state index >= 15 is 0 Å². The molecule has 0 saturated carbocycles. The summed E-state index contributed by atoms with van der Waals surface area (Å²) in [6.45, 7) is 4.50. The second-order valence-electron chi connectivity index (χ2n) is 7.80. The summed E-state index contributed by atoms with van der Waals surface area (Å²) in [4.78, 5) is 27.9. The van der Waals surface area contributed by atoms with E-state index in [-0.39, 0.29) is 24.2 Å². The fourth-order valence-corrected chi connectivity index (χ4v) is 3.91. The molecule has 0 fully saturated rings. The summed E-state index contributed by atoms with van der Waals surface area (Å²) in [6.07, 6.45) is 0.269. The second kappa shape index (κ2) is 11.5. The van der Waals surface area contributed by atoms with Crippen LogP contribution in [0.25, 0.3) is 0 Å². The van der Waals surface area contributed by atoms with Crippen LogP contribution in [0.15, 0.2) is 84.9 Å². The van der Waals surface area contributed by atoms with Gasteiger partial charge in [0.1, 0.15) is 6.04 Å². The van der Waals surface area contributed by atoms with Crippen LogP contribution in [0.4, 0.5) is 0 Å². The van der Waals surface area contributed by atoms with E-state index < -0.39 is 6.04 Å². The minimum Gasteiger partial charge on any atom is -0.355 e. The molecule has 2 amide bonds. The van der Waals surface area contributed by atoms with Gasteiger partial charge in [0, 0.05) is 30.5 Å². The van der Waals surface area contributed by atoms with Crippen molar-refractivity contribution in [2.75, 3.05) is 6.54 Å². The van der Waals surface area contributed by atoms with Crippen molar-refractivity contribution in [3.8, 4) is 0 Å². The molecule has 3 aromatic rings. The molecule has 0 saturated heterocycles. The van der Waals surface area contributed by atoms with Crippen molar-refractivity contribution in [2.45, 2.75) is 38.8 Å². The van der Waals surface area contributed by atoms with E-state index in [1.54, 1.807) is 24.0 Å². The van der Waals surface area contributed by atoms with Crippen molar-refractivity contribution in [1.82, 2.24) is 10.2 Å². The van der Waals surface area contributed by atoms with Crippen LogP contribution < -0.4 is 5.32 Å². The lowest BCUT2D eigenvalue weighted by Crippen LogP contribution is -2.47. The highest BCUT2D eigenvalue weighted by Gasteiger charge is 2.28. The van der Waals surface area contributed by atoms with Crippen LogP contribution >= 0.6 is 11.6 Å². The molecule has 0 radical (unpaired) electrons. The van der Waals surface area contributed by atoms with E-state index in [0.29, 0.717) is 18.1 Å². The Morgan fingerprint density at radius 1 is 0.875 bits per heavy atom. The van der Waals surface area contributed by atoms with Crippen molar-refractivity contribution < 1.29 is 9.59 Å². The van der Waals surface area contributed by atoms with Crippen molar-refractivity contribution >= 4 is 23.4 Å². The van der Waals surface area contributed by atoms with Crippen LogP contribution in [0.2, 0.25) is 5.02 Å². The SMILES string of the molecule is CCNC(=O)[C@H](C)N(Cc1ccc(Cl)cc1)C(=O)CC(c1ccccc1)c1ccccc1. The standard InChI is InChI=1S/C27H29ClN2O2/c1-3-29-27(32)20(2)30(19-21-14-16-24(28)17-15-21)26(31)18-25(22-10-6-4-7-11-22)23-12-8-5-9-13-23/h4-17,20,25H,3,18-19H2,1-2H3,(H,29,32)/t20-/m0/s1. The molecule has 0 spiro atoms. The van der Waals surface area contributed by atoms with Crippen LogP contribution in [0.1, 0.15) is 42.9 Å². The van der Waals surface area contributed by atoms with E-state index in [1.165, 1.54) is 0 Å². The van der Waals surface area contributed by atoms with Crippen molar-refractivity contribution in [2.24, 2.45) is 0 Å². The van der Waals surface area contributed by atoms with Crippen LogP contribution in [0.3, 0.4) is 0 Å². The van der Waals surface area contributed by atoms with Gasteiger partial charge in [-0.05, 0) is 42.7 Å². The number of rotatable bonds is 9. The van der Waals surface area contributed by atoms with Gasteiger partial charge in [0.15, 0.2) is 0 Å². The Labute approximate surface area is 195 Å². The molecule has 0 aliphatic heterocycles. The van der Waals surface area contributed by atoms with E-state index in [1.807, 2.05) is 79.7 Å². The number of halogens is 1. The average molecular weight is 449 g/mol. The van der Waals surface area contributed by atoms with Crippen LogP contribution in [-0.2, 0) is 16.1 Å². The zero-order chi connectivity index (χ0) is 22.9. The van der Waals surface area contributed by atoms with Gasteiger partial charge in [-0.1, -0.05) is 84.4 Å². The molecule has 3 aromatic carbocycles. The van der Waals surface area contributed by atoms with E-state index in [4.69, 9.17) is 11.6 Å². The minimum absolute atomic E-state index is 0.0728. The lowest BCUT2D eigenvalue weighted by molar-refractivity contribution is -0.140. The summed E-state index contributed by atoms with van der Waals surface area (Å²) in [5, 5.41) is 3.47. The van der Waals surface area contributed by atoms with Gasteiger partial charge in [0.25, 0.3) is 0 Å². The number of nitrogens with one attached hydrogen (secondary N) is 1. The van der Waals surface area contributed by atoms with Gasteiger partial charge in [-0.15, -0.1) is 0 Å². The summed E-state index contributed by atoms with van der Waals surface area (Å²) >= 11 is 6.02. The Morgan fingerprint density at radius 3 is 1.91 bits per heavy atom. The van der Waals surface area contributed by atoms with Crippen molar-refractivity contribution in [1.29, 1.82) is 0 Å². The molecule has 0 aliphatic carbocycles. The third kappa shape index (κ3) is 6.21. The Kier molecular flexibility index (Phi) is 8.46. The third-order valence-corrected chi connectivity index (χ3v) is 5.82. The first-order valence-corrected chi connectivity index (χ1v) is 11.3. The van der Waals surface area contributed by atoms with Crippen LogP contribution in [0.5, 0.6) is 0 Å². The highest BCUT2D eigenvalue weighted by molar-refractivity contribution is 6.30. The van der Waals surface area contributed by atoms with Gasteiger partial charge < -0.3 is 10.2 Å². The smallest absolute Gasteiger partial charge is 0.242 e. The molecule has 0 unspecified atom stereocenters. The summed E-state index contributed by atoms with van der Waals surface area (Å²) in [7, 11) is 0. The summed E-state index contributed by atoms with van der Waals surface area (Å²) in [5.74, 6) is -0.332. The molecule has 0 bridgehead atoms. The molecule has 0 aliphatic rings. The van der Waals surface area contributed by atoms with Crippen LogP contribution in [-0.4, -0.2) is 29.3 Å². The highest BCUT2D eigenvalue weighted by Crippen LogP contribution is 2.29. The number of amides is 2. The number of carbonyl (C=O) groups excluding carboxylic acids is 2. The monoisotopic (exact) mass is 448 g/mol. The Hall–Kier alpha value is -3.11. The average Bonchev–Trinajstić information content (AvgIpc) is 2.83. The zero-order valence-electron chi connectivity index (χ0n) is 18.5. The lowest BCUT2D eigenvalue weighted by atomic mass is 9.88. The summed E-state index contributed by atoms with van der Waals surface area (Å²) < 4.78 is 0. The maximum absolute atomic E-state index is 13.6. The zero-order valence-corrected chi connectivity index (χ0v) is 19.3. The molecule has 3 rings (SSSR count). The molecule has 0 heterocycles. The number of hydrogen-bond acceptors (Lipinski definition) is 2. The minimum atomic E-state index is -0.592. The second-order valence-corrected chi connectivity index (χ2v) is 8.23. The first-order chi connectivity index (χ1) is 15.5. The fraction of sp³-hybridized carbons (Fsp3) is 0.259. The summed E-state index contributed by atoms with van der Waals surface area (Å²) in [5.41, 5.74) is 3.07. The molecule has 4 nitrogen and oxygen atoms in total. The van der Waals surface area contributed by atoms with Gasteiger partial charge in [-0.2, -0.15) is 0 Å². The Balaban J connectivity index is 1.90. The number of benzene rings is 3. The third-order valence-electron chi connectivity index (χ3n) is 5.57. The van der Waals surface area contributed by atoms with E-state index in [2.05, 4.69) is 5.32 Å². The number of hydrogen-bond donors (Lipinski definition) is 1. The maximum atomic E-state index is 13.6. The van der Waals surface area contributed by atoms with Gasteiger partial charge in [0.05, 0.1) is 0 Å². The van der Waals surface area contributed by atoms with E-state index in [0.717, 1.165) is 16.7 Å². The van der Waals surface area contributed by atoms with E-state index in [9.17, 15) is 9.59 Å². The Morgan fingerprint density at radius 2 is 1.41 bits per heavy atom. The van der Waals surface area contributed by atoms with Crippen LogP contribution in [0, 0.1) is 0 Å². The number of likely N-dealkylation sites (N-methyl/N-ethyl adjacent to an activating group) is 1. The van der Waals surface area contributed by atoms with Crippen molar-refractivity contribution in [3.05, 3.63) is 107 Å². The first kappa shape index (κ1) is 23.6. The predicted molar refractivity (Wildman–Crippen MR) is 129 cm³/mol. The fourth-order valence-electron chi connectivity index (χ4n) is 3.78. The summed E-state index contributed by atoms with van der Waals surface area (Å²) in [6, 6.07) is 26.8. The molecule has 166 valence electrons. The topological polar surface area (TPSA) is 49.4 Å². The molecule has 32 heavy (non-hydrogen) atoms. The maximum Gasteiger partial charge on any atom is 0.242 e. The predicted octanol–water partition coefficient (Wildman–Crippen LogP) is 5.42. The molecule has 5 heteroatoms. The molecular weight excluding hydrogens is 420 g/mol. The van der Waals surface area contributed by atoms with Gasteiger partial charge >= 0.3 is 0 Å². The molecular formula is C27H29ClN2O2. The number of nitrogens with zero attached hydrogens (tertiary/aromatic N) is 1. The Bertz CT molecular complexity index is 967. The van der Waals surface area contributed by atoms with Gasteiger partial charge in [-0.3, -0.25) is 9.59 Å². The molecule has 1 atom stereocenters. The first-order valence-electron chi connectivity index (χ1n) is 10.9. The van der Waals surface area contributed by atoms with Gasteiger partial charge in [-0.25, -0.2) is 0 Å². The van der Waals surface area contributed by atoms with Crippen molar-refractivity contribution in [3.63, 3.8) is 0 Å². The molecule has 1 N–H and O–H groups in total. The quantitative estimate of drug-likeness (QED) is 0.475. The highest BCUT2D eigenvalue weighted by atomic mass is 35.5. The lowest BCUT2D eigenvalue weighted by Gasteiger charge is -2.30. The largest absolute Gasteiger partial charge is 0.355 e. The van der Waals surface area contributed by atoms with Gasteiger partial charge in [0.2, 0.25) is 11.8 Å². The molecule has 0 aromatic heterocycles. The number of carbonyl (C=O) groups is 2.